The number of rotatable bonds is 4. The van der Waals surface area contributed by atoms with Crippen LogP contribution in [0.4, 0.5) is 0 Å². The fourth-order valence-corrected chi connectivity index (χ4v) is 2.38. The number of nitrogens with zero attached hydrogens (tertiary/aromatic N) is 2. The molecule has 1 aromatic carbocycles. The molecule has 0 atom stereocenters. The van der Waals surface area contributed by atoms with Gasteiger partial charge in [0.25, 0.3) is 0 Å². The molecule has 0 spiro atoms. The monoisotopic (exact) mass is 276 g/mol. The molecule has 0 aliphatic rings. The Kier molecular flexibility index (Phi) is 3.92. The number of methoxy groups -OCH3 is 1. The quantitative estimate of drug-likeness (QED) is 0.729. The van der Waals surface area contributed by atoms with Crippen molar-refractivity contribution in [2.24, 2.45) is 0 Å². The minimum atomic E-state index is 0.0262. The predicted octanol–water partition coefficient (Wildman–Crippen LogP) is 3.67. The van der Waals surface area contributed by atoms with Crippen LogP contribution in [-0.2, 0) is 0 Å². The van der Waals surface area contributed by atoms with E-state index in [1.54, 1.807) is 7.11 Å². The lowest BCUT2D eigenvalue weighted by atomic mass is 9.91. The number of ether oxygens (including phenoxy) is 1. The smallest absolute Gasteiger partial charge is 0.118 e. The molecular formula is C18H16N2O. The molecule has 0 saturated heterocycles. The van der Waals surface area contributed by atoms with Crippen LogP contribution in [0.15, 0.2) is 73.1 Å². The van der Waals surface area contributed by atoms with Gasteiger partial charge in [-0.3, -0.25) is 9.97 Å². The van der Waals surface area contributed by atoms with Crippen LogP contribution in [0, 0.1) is 0 Å². The van der Waals surface area contributed by atoms with Gasteiger partial charge >= 0.3 is 0 Å². The highest BCUT2D eigenvalue weighted by molar-refractivity contribution is 5.39. The van der Waals surface area contributed by atoms with Gasteiger partial charge < -0.3 is 4.74 Å². The predicted molar refractivity (Wildman–Crippen MR) is 82.4 cm³/mol. The molecule has 0 N–H and O–H groups in total. The molecule has 0 saturated carbocycles. The van der Waals surface area contributed by atoms with Gasteiger partial charge in [-0.05, 0) is 42.0 Å². The minimum absolute atomic E-state index is 0.0262. The van der Waals surface area contributed by atoms with Gasteiger partial charge in [0.2, 0.25) is 0 Å². The Hall–Kier alpha value is -2.68. The molecule has 3 nitrogen and oxygen atoms in total. The van der Waals surface area contributed by atoms with Crippen molar-refractivity contribution in [3.05, 3.63) is 90.0 Å². The fraction of sp³-hybridized carbons (Fsp3) is 0.111. The summed E-state index contributed by atoms with van der Waals surface area (Å²) in [5, 5.41) is 0. The molecule has 0 radical (unpaired) electrons. The van der Waals surface area contributed by atoms with Crippen molar-refractivity contribution >= 4 is 0 Å². The van der Waals surface area contributed by atoms with Crippen molar-refractivity contribution in [3.8, 4) is 5.75 Å². The molecule has 3 heteroatoms. The number of benzene rings is 1. The van der Waals surface area contributed by atoms with E-state index < -0.39 is 0 Å². The lowest BCUT2D eigenvalue weighted by molar-refractivity contribution is 0.414. The Balaban J connectivity index is 2.07. The van der Waals surface area contributed by atoms with Crippen LogP contribution in [-0.4, -0.2) is 17.1 Å². The van der Waals surface area contributed by atoms with Crippen LogP contribution >= 0.6 is 0 Å². The van der Waals surface area contributed by atoms with E-state index in [9.17, 15) is 0 Å². The second-order valence-electron chi connectivity index (χ2n) is 4.72. The van der Waals surface area contributed by atoms with Gasteiger partial charge in [-0.2, -0.15) is 0 Å². The molecule has 0 bridgehead atoms. The first-order valence-corrected chi connectivity index (χ1v) is 6.84. The van der Waals surface area contributed by atoms with Gasteiger partial charge in [0.05, 0.1) is 24.4 Å². The summed E-state index contributed by atoms with van der Waals surface area (Å²) in [7, 11) is 1.67. The first kappa shape index (κ1) is 13.3. The van der Waals surface area contributed by atoms with Crippen LogP contribution in [0.5, 0.6) is 5.75 Å². The van der Waals surface area contributed by atoms with Gasteiger partial charge in [-0.25, -0.2) is 0 Å². The Bertz CT molecular complexity index is 642. The molecule has 104 valence electrons. The van der Waals surface area contributed by atoms with Crippen molar-refractivity contribution in [1.82, 2.24) is 9.97 Å². The average Bonchev–Trinajstić information content (AvgIpc) is 2.58. The summed E-state index contributed by atoms with van der Waals surface area (Å²) >= 11 is 0. The van der Waals surface area contributed by atoms with E-state index in [-0.39, 0.29) is 5.92 Å². The minimum Gasteiger partial charge on any atom is -0.497 e. The zero-order valence-electron chi connectivity index (χ0n) is 11.8. The van der Waals surface area contributed by atoms with E-state index in [4.69, 9.17) is 4.74 Å². The highest BCUT2D eigenvalue weighted by atomic mass is 16.5. The van der Waals surface area contributed by atoms with Gasteiger partial charge in [0.1, 0.15) is 5.75 Å². The van der Waals surface area contributed by atoms with E-state index in [1.165, 1.54) is 0 Å². The van der Waals surface area contributed by atoms with E-state index >= 15 is 0 Å². The third kappa shape index (κ3) is 2.92. The molecule has 21 heavy (non-hydrogen) atoms. The molecule has 0 aliphatic carbocycles. The lowest BCUT2D eigenvalue weighted by Crippen LogP contribution is -2.07. The van der Waals surface area contributed by atoms with Crippen molar-refractivity contribution in [1.29, 1.82) is 0 Å². The summed E-state index contributed by atoms with van der Waals surface area (Å²) in [5.41, 5.74) is 3.12. The zero-order chi connectivity index (χ0) is 14.5. The van der Waals surface area contributed by atoms with Crippen LogP contribution in [0.3, 0.4) is 0 Å². The highest BCUT2D eigenvalue weighted by Gasteiger charge is 2.18. The third-order valence-corrected chi connectivity index (χ3v) is 3.42. The van der Waals surface area contributed by atoms with E-state index in [0.717, 1.165) is 22.7 Å². The number of hydrogen-bond acceptors (Lipinski definition) is 3. The Morgan fingerprint density at radius 3 is 1.76 bits per heavy atom. The second kappa shape index (κ2) is 6.18. The van der Waals surface area contributed by atoms with Crippen LogP contribution < -0.4 is 4.74 Å². The van der Waals surface area contributed by atoms with E-state index in [1.807, 2.05) is 60.9 Å². The molecule has 2 aromatic heterocycles. The normalized spacial score (nSPS) is 10.6. The van der Waals surface area contributed by atoms with E-state index in [0.29, 0.717) is 0 Å². The van der Waals surface area contributed by atoms with Gasteiger partial charge in [0.15, 0.2) is 0 Å². The summed E-state index contributed by atoms with van der Waals surface area (Å²) in [5.74, 6) is 0.873. The van der Waals surface area contributed by atoms with Gasteiger partial charge in [0, 0.05) is 12.4 Å². The summed E-state index contributed by atoms with van der Waals surface area (Å²) in [6, 6.07) is 20.0. The topological polar surface area (TPSA) is 35.0 Å². The highest BCUT2D eigenvalue weighted by Crippen LogP contribution is 2.30. The molecule has 3 rings (SSSR count). The maximum atomic E-state index is 5.23. The van der Waals surface area contributed by atoms with Crippen molar-refractivity contribution in [3.63, 3.8) is 0 Å². The fourth-order valence-electron chi connectivity index (χ4n) is 2.38. The number of hydrogen-bond donors (Lipinski definition) is 0. The Morgan fingerprint density at radius 1 is 0.762 bits per heavy atom. The SMILES string of the molecule is COc1ccc(C(c2ccccn2)c2ccccn2)cc1. The first-order valence-electron chi connectivity index (χ1n) is 6.84. The molecule has 0 aliphatic heterocycles. The first-order chi connectivity index (χ1) is 10.4. The third-order valence-electron chi connectivity index (χ3n) is 3.42. The lowest BCUT2D eigenvalue weighted by Gasteiger charge is -2.16. The molecule has 3 aromatic rings. The largest absolute Gasteiger partial charge is 0.497 e. The van der Waals surface area contributed by atoms with Crippen molar-refractivity contribution in [2.75, 3.05) is 7.11 Å². The molecular weight excluding hydrogens is 260 g/mol. The molecule has 2 heterocycles. The second-order valence-corrected chi connectivity index (χ2v) is 4.72. The summed E-state index contributed by atoms with van der Waals surface area (Å²) in [6.45, 7) is 0. The Morgan fingerprint density at radius 2 is 1.33 bits per heavy atom. The molecule has 0 amide bonds. The molecule has 0 fully saturated rings. The molecule has 0 unspecified atom stereocenters. The van der Waals surface area contributed by atoms with Gasteiger partial charge in [-0.1, -0.05) is 24.3 Å². The average molecular weight is 276 g/mol. The summed E-state index contributed by atoms with van der Waals surface area (Å²) in [4.78, 5) is 9.01. The Labute approximate surface area is 124 Å². The number of pyridine rings is 2. The summed E-state index contributed by atoms with van der Waals surface area (Å²) < 4.78 is 5.23. The maximum Gasteiger partial charge on any atom is 0.118 e. The van der Waals surface area contributed by atoms with Crippen molar-refractivity contribution in [2.45, 2.75) is 5.92 Å². The van der Waals surface area contributed by atoms with Gasteiger partial charge in [-0.15, -0.1) is 0 Å². The van der Waals surface area contributed by atoms with Crippen LogP contribution in [0.1, 0.15) is 22.9 Å². The number of aromatic nitrogens is 2. The maximum absolute atomic E-state index is 5.23. The van der Waals surface area contributed by atoms with E-state index in [2.05, 4.69) is 22.1 Å². The van der Waals surface area contributed by atoms with Crippen molar-refractivity contribution < 1.29 is 4.74 Å². The summed E-state index contributed by atoms with van der Waals surface area (Å²) in [6.07, 6.45) is 3.63. The standard InChI is InChI=1S/C18H16N2O/c1-21-15-10-8-14(9-11-15)18(16-6-2-4-12-19-16)17-7-3-5-13-20-17/h2-13,18H,1H3. The zero-order valence-corrected chi connectivity index (χ0v) is 11.8. The van der Waals surface area contributed by atoms with Crippen LogP contribution in [0.2, 0.25) is 0 Å². The van der Waals surface area contributed by atoms with Crippen LogP contribution in [0.25, 0.3) is 0 Å².